The third-order valence-corrected chi connectivity index (χ3v) is 9.36. The second-order valence-corrected chi connectivity index (χ2v) is 12.8. The number of rotatable bonds is 12. The van der Waals surface area contributed by atoms with Gasteiger partial charge in [-0.15, -0.1) is 0 Å². The lowest BCUT2D eigenvalue weighted by Crippen LogP contribution is -2.53. The standard InChI is InChI=1S/C32H40ClN3O4S/c1-7-25(6)34-32(38)30(8-2)35(20-26-12-14-27(33)15-13-26)31(37)21-36(28-16-11-23(4)24(5)19-28)41(39,40)29-17-9-22(3)10-18-29/h9-19,25,30H,7-8,20-21H2,1-6H3,(H,34,38). The molecule has 0 aromatic heterocycles. The van der Waals surface area contributed by atoms with Crippen molar-refractivity contribution in [2.75, 3.05) is 10.8 Å². The van der Waals surface area contributed by atoms with E-state index in [0.717, 1.165) is 33.0 Å². The van der Waals surface area contributed by atoms with Crippen LogP contribution in [0.4, 0.5) is 5.69 Å². The monoisotopic (exact) mass is 597 g/mol. The van der Waals surface area contributed by atoms with Crippen molar-refractivity contribution in [1.29, 1.82) is 0 Å². The van der Waals surface area contributed by atoms with Crippen LogP contribution >= 0.6 is 11.6 Å². The van der Waals surface area contributed by atoms with Gasteiger partial charge in [-0.2, -0.15) is 0 Å². The maximum Gasteiger partial charge on any atom is 0.264 e. The third-order valence-electron chi connectivity index (χ3n) is 7.32. The molecule has 2 amide bonds. The summed E-state index contributed by atoms with van der Waals surface area (Å²) in [5.74, 6) is -0.761. The summed E-state index contributed by atoms with van der Waals surface area (Å²) in [6.07, 6.45) is 1.10. The highest BCUT2D eigenvalue weighted by Gasteiger charge is 2.34. The van der Waals surface area contributed by atoms with E-state index in [1.54, 1.807) is 60.7 Å². The van der Waals surface area contributed by atoms with E-state index in [4.69, 9.17) is 11.6 Å². The van der Waals surface area contributed by atoms with Gasteiger partial charge in [0.1, 0.15) is 12.6 Å². The summed E-state index contributed by atoms with van der Waals surface area (Å²) in [7, 11) is -4.12. The SMILES string of the molecule is CCC(C)NC(=O)C(CC)N(Cc1ccc(Cl)cc1)C(=O)CN(c1ccc(C)c(C)c1)S(=O)(=O)c1ccc(C)cc1. The van der Waals surface area contributed by atoms with Crippen molar-refractivity contribution in [2.45, 2.75) is 77.9 Å². The summed E-state index contributed by atoms with van der Waals surface area (Å²) in [6, 6.07) is 18.0. The number of sulfonamides is 1. The van der Waals surface area contributed by atoms with Gasteiger partial charge in [0.2, 0.25) is 11.8 Å². The van der Waals surface area contributed by atoms with Crippen molar-refractivity contribution in [3.8, 4) is 0 Å². The fourth-order valence-electron chi connectivity index (χ4n) is 4.39. The Bertz CT molecular complexity index is 1460. The minimum Gasteiger partial charge on any atom is -0.352 e. The molecule has 3 aromatic carbocycles. The van der Waals surface area contributed by atoms with Crippen molar-refractivity contribution in [1.82, 2.24) is 10.2 Å². The Hall–Kier alpha value is -3.36. The first-order valence-electron chi connectivity index (χ1n) is 13.9. The zero-order valence-electron chi connectivity index (χ0n) is 24.6. The van der Waals surface area contributed by atoms with Crippen molar-refractivity contribution in [3.63, 3.8) is 0 Å². The van der Waals surface area contributed by atoms with E-state index < -0.39 is 28.5 Å². The van der Waals surface area contributed by atoms with Gasteiger partial charge in [0.25, 0.3) is 10.0 Å². The van der Waals surface area contributed by atoms with Gasteiger partial charge in [-0.3, -0.25) is 13.9 Å². The molecule has 0 fully saturated rings. The van der Waals surface area contributed by atoms with Crippen molar-refractivity contribution in [2.24, 2.45) is 0 Å². The molecule has 0 heterocycles. The summed E-state index contributed by atoms with van der Waals surface area (Å²) in [5, 5.41) is 3.54. The summed E-state index contributed by atoms with van der Waals surface area (Å²) in [5.41, 5.74) is 3.98. The van der Waals surface area contributed by atoms with E-state index in [2.05, 4.69) is 5.32 Å². The van der Waals surface area contributed by atoms with E-state index in [9.17, 15) is 18.0 Å². The average Bonchev–Trinajstić information content (AvgIpc) is 2.94. The van der Waals surface area contributed by atoms with Crippen LogP contribution in [0.1, 0.15) is 55.9 Å². The number of nitrogens with zero attached hydrogens (tertiary/aromatic N) is 2. The molecule has 3 rings (SSSR count). The normalized spacial score (nSPS) is 12.9. The number of aryl methyl sites for hydroxylation is 3. The maximum atomic E-state index is 14.2. The zero-order valence-corrected chi connectivity index (χ0v) is 26.2. The Labute approximate surface area is 249 Å². The minimum atomic E-state index is -4.12. The quantitative estimate of drug-likeness (QED) is 0.270. The first kappa shape index (κ1) is 32.2. The minimum absolute atomic E-state index is 0.0713. The van der Waals surface area contributed by atoms with Gasteiger partial charge in [0.15, 0.2) is 0 Å². The van der Waals surface area contributed by atoms with Gasteiger partial charge in [-0.1, -0.05) is 61.3 Å². The van der Waals surface area contributed by atoms with Crippen LogP contribution in [0, 0.1) is 20.8 Å². The number of carbonyl (C=O) groups is 2. The molecule has 2 atom stereocenters. The topological polar surface area (TPSA) is 86.8 Å². The van der Waals surface area contributed by atoms with Gasteiger partial charge in [-0.05, 0) is 93.6 Å². The second-order valence-electron chi connectivity index (χ2n) is 10.5. The van der Waals surface area contributed by atoms with Crippen molar-refractivity contribution >= 4 is 39.1 Å². The number of nitrogens with one attached hydrogen (secondary N) is 1. The van der Waals surface area contributed by atoms with Crippen LogP contribution in [-0.2, 0) is 26.2 Å². The predicted octanol–water partition coefficient (Wildman–Crippen LogP) is 6.18. The Morgan fingerprint density at radius 3 is 2.07 bits per heavy atom. The maximum absolute atomic E-state index is 14.2. The van der Waals surface area contributed by atoms with E-state index in [1.165, 1.54) is 4.90 Å². The molecule has 1 N–H and O–H groups in total. The highest BCUT2D eigenvalue weighted by molar-refractivity contribution is 7.92. The number of anilines is 1. The first-order chi connectivity index (χ1) is 19.4. The lowest BCUT2D eigenvalue weighted by molar-refractivity contribution is -0.140. The van der Waals surface area contributed by atoms with E-state index in [0.29, 0.717) is 17.1 Å². The molecule has 7 nitrogen and oxygen atoms in total. The zero-order chi connectivity index (χ0) is 30.3. The van der Waals surface area contributed by atoms with Crippen LogP contribution in [0.3, 0.4) is 0 Å². The van der Waals surface area contributed by atoms with Gasteiger partial charge in [0, 0.05) is 17.6 Å². The van der Waals surface area contributed by atoms with Crippen LogP contribution in [0.2, 0.25) is 5.02 Å². The van der Waals surface area contributed by atoms with Gasteiger partial charge < -0.3 is 10.2 Å². The number of amides is 2. The van der Waals surface area contributed by atoms with Gasteiger partial charge in [-0.25, -0.2) is 8.42 Å². The molecule has 0 saturated heterocycles. The molecule has 0 aliphatic carbocycles. The van der Waals surface area contributed by atoms with Crippen LogP contribution in [0.15, 0.2) is 71.6 Å². The Morgan fingerprint density at radius 1 is 0.878 bits per heavy atom. The van der Waals surface area contributed by atoms with Crippen LogP contribution < -0.4 is 9.62 Å². The fraction of sp³-hybridized carbons (Fsp3) is 0.375. The van der Waals surface area contributed by atoms with E-state index in [-0.39, 0.29) is 23.4 Å². The molecule has 0 aliphatic heterocycles. The average molecular weight is 598 g/mol. The smallest absolute Gasteiger partial charge is 0.264 e. The highest BCUT2D eigenvalue weighted by atomic mass is 35.5. The number of hydrogen-bond donors (Lipinski definition) is 1. The summed E-state index contributed by atoms with van der Waals surface area (Å²) < 4.78 is 29.2. The summed E-state index contributed by atoms with van der Waals surface area (Å²) >= 11 is 6.08. The molecule has 3 aromatic rings. The Morgan fingerprint density at radius 2 is 1.51 bits per heavy atom. The number of benzene rings is 3. The molecule has 41 heavy (non-hydrogen) atoms. The second kappa shape index (κ2) is 14.0. The van der Waals surface area contributed by atoms with E-state index >= 15 is 0 Å². The number of halogens is 1. The highest BCUT2D eigenvalue weighted by Crippen LogP contribution is 2.27. The Kier molecular flexibility index (Phi) is 11.0. The van der Waals surface area contributed by atoms with E-state index in [1.807, 2.05) is 47.6 Å². The number of carbonyl (C=O) groups excluding carboxylic acids is 2. The molecule has 220 valence electrons. The summed E-state index contributed by atoms with van der Waals surface area (Å²) in [4.78, 5) is 29.1. The lowest BCUT2D eigenvalue weighted by Gasteiger charge is -2.34. The third kappa shape index (κ3) is 8.11. The number of hydrogen-bond acceptors (Lipinski definition) is 4. The predicted molar refractivity (Wildman–Crippen MR) is 166 cm³/mol. The molecule has 0 saturated carbocycles. The summed E-state index contributed by atoms with van der Waals surface area (Å²) in [6.45, 7) is 11.1. The van der Waals surface area contributed by atoms with Crippen LogP contribution in [-0.4, -0.2) is 43.8 Å². The molecule has 2 unspecified atom stereocenters. The molecule has 0 radical (unpaired) electrons. The van der Waals surface area contributed by atoms with Crippen LogP contribution in [0.25, 0.3) is 0 Å². The molecule has 0 spiro atoms. The molecular formula is C32H40ClN3O4S. The fourth-order valence-corrected chi connectivity index (χ4v) is 5.93. The molecule has 9 heteroatoms. The van der Waals surface area contributed by atoms with Gasteiger partial charge >= 0.3 is 0 Å². The Balaban J connectivity index is 2.08. The lowest BCUT2D eigenvalue weighted by atomic mass is 10.1. The largest absolute Gasteiger partial charge is 0.352 e. The van der Waals surface area contributed by atoms with Crippen LogP contribution in [0.5, 0.6) is 0 Å². The molecule has 0 aliphatic rings. The van der Waals surface area contributed by atoms with Gasteiger partial charge in [0.05, 0.1) is 10.6 Å². The molecular weight excluding hydrogens is 558 g/mol. The first-order valence-corrected chi connectivity index (χ1v) is 15.7. The molecule has 0 bridgehead atoms. The van der Waals surface area contributed by atoms with Crippen molar-refractivity contribution in [3.05, 3.63) is 94.0 Å². The van der Waals surface area contributed by atoms with Crippen molar-refractivity contribution < 1.29 is 18.0 Å².